The van der Waals surface area contributed by atoms with Crippen molar-refractivity contribution in [2.45, 2.75) is 44.7 Å². The number of rotatable bonds is 5. The van der Waals surface area contributed by atoms with Gasteiger partial charge in [-0.15, -0.1) is 0 Å². The minimum Gasteiger partial charge on any atom is -0.351 e. The molecule has 18 heavy (non-hydrogen) atoms. The highest BCUT2D eigenvalue weighted by molar-refractivity contribution is 5.38. The van der Waals surface area contributed by atoms with E-state index < -0.39 is 11.6 Å². The SMILES string of the molecule is CCC(C)(C#N)Nc1nc(F)nc(NC2CC2)n1. The Morgan fingerprint density at radius 2 is 2.06 bits per heavy atom. The van der Waals surface area contributed by atoms with Gasteiger partial charge in [-0.25, -0.2) is 0 Å². The van der Waals surface area contributed by atoms with Crippen LogP contribution in [0.2, 0.25) is 0 Å². The summed E-state index contributed by atoms with van der Waals surface area (Å²) in [6.07, 6.45) is 1.79. The fraction of sp³-hybridized carbons (Fsp3) is 0.636. The summed E-state index contributed by atoms with van der Waals surface area (Å²) in [5, 5.41) is 14.9. The lowest BCUT2D eigenvalue weighted by molar-refractivity contribution is 0.530. The van der Waals surface area contributed by atoms with E-state index in [9.17, 15) is 4.39 Å². The highest BCUT2D eigenvalue weighted by atomic mass is 19.1. The second kappa shape index (κ2) is 4.72. The Bertz CT molecular complexity index is 481. The second-order valence-corrected chi connectivity index (χ2v) is 4.59. The van der Waals surface area contributed by atoms with Crippen LogP contribution in [0.4, 0.5) is 16.3 Å². The predicted octanol–water partition coefficient (Wildman–Crippen LogP) is 1.69. The van der Waals surface area contributed by atoms with E-state index in [2.05, 4.69) is 31.7 Å². The lowest BCUT2D eigenvalue weighted by Gasteiger charge is -2.21. The van der Waals surface area contributed by atoms with E-state index in [4.69, 9.17) is 5.26 Å². The first-order valence-electron chi connectivity index (χ1n) is 5.92. The van der Waals surface area contributed by atoms with E-state index in [1.165, 1.54) is 0 Å². The first kappa shape index (κ1) is 12.5. The number of halogens is 1. The number of hydrogen-bond donors (Lipinski definition) is 2. The predicted molar refractivity (Wildman–Crippen MR) is 64.4 cm³/mol. The Morgan fingerprint density at radius 3 is 2.61 bits per heavy atom. The summed E-state index contributed by atoms with van der Waals surface area (Å²) in [5.41, 5.74) is -0.815. The summed E-state index contributed by atoms with van der Waals surface area (Å²) >= 11 is 0. The van der Waals surface area contributed by atoms with Crippen molar-refractivity contribution >= 4 is 11.9 Å². The number of nitrogens with zero attached hydrogens (tertiary/aromatic N) is 4. The molecule has 1 fully saturated rings. The van der Waals surface area contributed by atoms with Gasteiger partial charge in [0.25, 0.3) is 0 Å². The van der Waals surface area contributed by atoms with Gasteiger partial charge in [0.05, 0.1) is 6.07 Å². The average molecular weight is 250 g/mol. The molecule has 0 amide bonds. The van der Waals surface area contributed by atoms with Crippen molar-refractivity contribution in [3.05, 3.63) is 6.08 Å². The van der Waals surface area contributed by atoms with Crippen LogP contribution >= 0.6 is 0 Å². The zero-order valence-electron chi connectivity index (χ0n) is 10.4. The van der Waals surface area contributed by atoms with E-state index >= 15 is 0 Å². The van der Waals surface area contributed by atoms with Crippen molar-refractivity contribution < 1.29 is 4.39 Å². The van der Waals surface area contributed by atoms with Crippen LogP contribution in [0.15, 0.2) is 0 Å². The summed E-state index contributed by atoms with van der Waals surface area (Å²) in [6, 6.07) is 2.44. The lowest BCUT2D eigenvalue weighted by Crippen LogP contribution is -2.33. The molecule has 1 aliphatic carbocycles. The standard InChI is InChI=1S/C11H15FN6/c1-3-11(2,6-13)18-10-16-8(12)15-9(17-10)14-7-4-5-7/h7H,3-5H2,1-2H3,(H2,14,15,16,17,18). The normalized spacial score (nSPS) is 17.7. The molecule has 0 spiro atoms. The second-order valence-electron chi connectivity index (χ2n) is 4.59. The zero-order valence-corrected chi connectivity index (χ0v) is 10.4. The van der Waals surface area contributed by atoms with Gasteiger partial charge in [0, 0.05) is 6.04 Å². The molecule has 0 aromatic carbocycles. The van der Waals surface area contributed by atoms with Crippen LogP contribution < -0.4 is 10.6 Å². The summed E-state index contributed by atoms with van der Waals surface area (Å²) in [6.45, 7) is 3.57. The van der Waals surface area contributed by atoms with Gasteiger partial charge < -0.3 is 10.6 Å². The van der Waals surface area contributed by atoms with Gasteiger partial charge in [0.2, 0.25) is 11.9 Å². The first-order valence-corrected chi connectivity index (χ1v) is 5.92. The van der Waals surface area contributed by atoms with Crippen LogP contribution in [0.3, 0.4) is 0 Å². The van der Waals surface area contributed by atoms with Gasteiger partial charge >= 0.3 is 6.08 Å². The summed E-state index contributed by atoms with van der Waals surface area (Å²) in [4.78, 5) is 11.2. The zero-order chi connectivity index (χ0) is 13.2. The Balaban J connectivity index is 2.16. The Hall–Kier alpha value is -1.97. The third-order valence-electron chi connectivity index (χ3n) is 2.86. The van der Waals surface area contributed by atoms with E-state index in [1.807, 2.05) is 6.92 Å². The first-order chi connectivity index (χ1) is 8.54. The third-order valence-corrected chi connectivity index (χ3v) is 2.86. The Labute approximate surface area is 105 Å². The summed E-state index contributed by atoms with van der Waals surface area (Å²) < 4.78 is 13.3. The van der Waals surface area contributed by atoms with Gasteiger partial charge in [-0.05, 0) is 26.2 Å². The number of hydrogen-bond acceptors (Lipinski definition) is 6. The molecule has 0 aliphatic heterocycles. The maximum absolute atomic E-state index is 13.3. The van der Waals surface area contributed by atoms with Gasteiger partial charge in [-0.3, -0.25) is 0 Å². The summed E-state index contributed by atoms with van der Waals surface area (Å²) in [5.74, 6) is 0.292. The molecular weight excluding hydrogens is 235 g/mol. The maximum atomic E-state index is 13.3. The van der Waals surface area contributed by atoms with Crippen LogP contribution in [0.25, 0.3) is 0 Å². The van der Waals surface area contributed by atoms with Crippen LogP contribution in [0, 0.1) is 17.4 Å². The van der Waals surface area contributed by atoms with E-state index in [0.717, 1.165) is 12.8 Å². The average Bonchev–Trinajstić information content (AvgIpc) is 3.12. The minimum absolute atomic E-state index is 0.0801. The van der Waals surface area contributed by atoms with Gasteiger partial charge in [0.1, 0.15) is 5.54 Å². The molecule has 1 heterocycles. The van der Waals surface area contributed by atoms with Crippen molar-refractivity contribution in [3.63, 3.8) is 0 Å². The molecule has 6 nitrogen and oxygen atoms in total. The monoisotopic (exact) mass is 250 g/mol. The molecule has 0 bridgehead atoms. The molecule has 7 heteroatoms. The highest BCUT2D eigenvalue weighted by Gasteiger charge is 2.25. The number of anilines is 2. The van der Waals surface area contributed by atoms with Crippen molar-refractivity contribution in [1.82, 2.24) is 15.0 Å². The van der Waals surface area contributed by atoms with Crippen LogP contribution in [0.1, 0.15) is 33.1 Å². The Morgan fingerprint density at radius 1 is 1.39 bits per heavy atom. The topological polar surface area (TPSA) is 86.5 Å². The van der Waals surface area contributed by atoms with Crippen molar-refractivity contribution in [3.8, 4) is 6.07 Å². The lowest BCUT2D eigenvalue weighted by atomic mass is 10.0. The largest absolute Gasteiger partial charge is 0.351 e. The molecule has 2 rings (SSSR count). The molecular formula is C11H15FN6. The van der Waals surface area contributed by atoms with E-state index in [0.29, 0.717) is 12.5 Å². The van der Waals surface area contributed by atoms with E-state index in [-0.39, 0.29) is 11.9 Å². The van der Waals surface area contributed by atoms with Crippen LogP contribution in [-0.2, 0) is 0 Å². The number of aromatic nitrogens is 3. The maximum Gasteiger partial charge on any atom is 0.315 e. The molecule has 1 aromatic rings. The van der Waals surface area contributed by atoms with E-state index in [1.54, 1.807) is 6.92 Å². The molecule has 1 atom stereocenters. The smallest absolute Gasteiger partial charge is 0.315 e. The van der Waals surface area contributed by atoms with Crippen molar-refractivity contribution in [1.29, 1.82) is 5.26 Å². The molecule has 1 saturated carbocycles. The highest BCUT2D eigenvalue weighted by Crippen LogP contribution is 2.23. The molecule has 0 saturated heterocycles. The summed E-state index contributed by atoms with van der Waals surface area (Å²) in [7, 11) is 0. The molecule has 0 radical (unpaired) electrons. The molecule has 96 valence electrons. The van der Waals surface area contributed by atoms with Crippen molar-refractivity contribution in [2.75, 3.05) is 10.6 Å². The van der Waals surface area contributed by atoms with Gasteiger partial charge in [0.15, 0.2) is 0 Å². The Kier molecular flexibility index (Phi) is 3.28. The van der Waals surface area contributed by atoms with Crippen LogP contribution in [-0.4, -0.2) is 26.5 Å². The molecule has 1 aromatic heterocycles. The fourth-order valence-electron chi connectivity index (χ4n) is 1.32. The van der Waals surface area contributed by atoms with Gasteiger partial charge in [-0.1, -0.05) is 6.92 Å². The minimum atomic E-state index is -0.855. The molecule has 2 N–H and O–H groups in total. The van der Waals surface area contributed by atoms with Crippen molar-refractivity contribution in [2.24, 2.45) is 0 Å². The number of nitriles is 1. The molecule has 1 unspecified atom stereocenters. The van der Waals surface area contributed by atoms with Crippen LogP contribution in [0.5, 0.6) is 0 Å². The van der Waals surface area contributed by atoms with Gasteiger partial charge in [-0.2, -0.15) is 24.6 Å². The third kappa shape index (κ3) is 3.03. The fourth-order valence-corrected chi connectivity index (χ4v) is 1.32. The quantitative estimate of drug-likeness (QED) is 0.827. The number of nitrogens with one attached hydrogen (secondary N) is 2. The molecule has 1 aliphatic rings.